The van der Waals surface area contributed by atoms with Crippen LogP contribution in [0.25, 0.3) is 94.0 Å². The highest BCUT2D eigenvalue weighted by Gasteiger charge is 2.22. The van der Waals surface area contributed by atoms with Crippen LogP contribution in [0.15, 0.2) is 158 Å². The third-order valence-corrected chi connectivity index (χ3v) is 9.41. The molecular weight excluding hydrogens is 573 g/mol. The van der Waals surface area contributed by atoms with Gasteiger partial charge in [0.15, 0.2) is 11.6 Å². The molecule has 0 bridgehead atoms. The van der Waals surface area contributed by atoms with Crippen LogP contribution in [0, 0.1) is 0 Å². The predicted molar refractivity (Wildman–Crippen MR) is 194 cm³/mol. The van der Waals surface area contributed by atoms with Gasteiger partial charge >= 0.3 is 0 Å². The zero-order valence-corrected chi connectivity index (χ0v) is 25.3. The number of hydrogen-bond donors (Lipinski definition) is 0. The Kier molecular flexibility index (Phi) is 5.54. The van der Waals surface area contributed by atoms with Crippen LogP contribution in [0.4, 0.5) is 0 Å². The SMILES string of the molecule is c1ccc(-c2ccc(-c3nc(-c4ccccc4)nc(-n4c5cccc6c7ccc8ccccc8c7c7cccc4c7c65)n3)cc2)cc1. The van der Waals surface area contributed by atoms with Crippen LogP contribution in [0.2, 0.25) is 0 Å². The quantitative estimate of drug-likeness (QED) is 0.189. The molecule has 4 heteroatoms. The van der Waals surface area contributed by atoms with E-state index in [-0.39, 0.29) is 0 Å². The lowest BCUT2D eigenvalue weighted by Crippen LogP contribution is -2.06. The van der Waals surface area contributed by atoms with Crippen molar-refractivity contribution in [2.24, 2.45) is 0 Å². The maximum atomic E-state index is 5.19. The molecule has 10 rings (SSSR count). The number of aromatic nitrogens is 4. The van der Waals surface area contributed by atoms with E-state index in [1.807, 2.05) is 24.3 Å². The van der Waals surface area contributed by atoms with Crippen molar-refractivity contribution in [3.63, 3.8) is 0 Å². The average molecular weight is 599 g/mol. The van der Waals surface area contributed by atoms with Crippen molar-refractivity contribution in [2.75, 3.05) is 0 Å². The monoisotopic (exact) mass is 598 g/mol. The Hall–Kier alpha value is -6.39. The van der Waals surface area contributed by atoms with E-state index in [9.17, 15) is 0 Å². The summed E-state index contributed by atoms with van der Waals surface area (Å²) >= 11 is 0. The Balaban J connectivity index is 1.27. The van der Waals surface area contributed by atoms with Crippen LogP contribution in [0.3, 0.4) is 0 Å². The molecule has 4 nitrogen and oxygen atoms in total. The molecule has 47 heavy (non-hydrogen) atoms. The van der Waals surface area contributed by atoms with Crippen molar-refractivity contribution in [3.05, 3.63) is 158 Å². The van der Waals surface area contributed by atoms with Gasteiger partial charge in [0.05, 0.1) is 11.0 Å². The molecule has 0 unspecified atom stereocenters. The minimum Gasteiger partial charge on any atom is -0.278 e. The van der Waals surface area contributed by atoms with Crippen LogP contribution >= 0.6 is 0 Å². The Morgan fingerprint density at radius 3 is 1.55 bits per heavy atom. The van der Waals surface area contributed by atoms with E-state index in [0.29, 0.717) is 17.6 Å². The zero-order chi connectivity index (χ0) is 30.9. The first-order chi connectivity index (χ1) is 23.3. The minimum atomic E-state index is 0.603. The zero-order valence-electron chi connectivity index (χ0n) is 25.3. The van der Waals surface area contributed by atoms with E-state index in [0.717, 1.165) is 27.7 Å². The van der Waals surface area contributed by atoms with E-state index in [1.165, 1.54) is 48.7 Å². The summed E-state index contributed by atoms with van der Waals surface area (Å²) in [4.78, 5) is 15.4. The van der Waals surface area contributed by atoms with Crippen LogP contribution in [0.5, 0.6) is 0 Å². The van der Waals surface area contributed by atoms with Crippen molar-refractivity contribution < 1.29 is 0 Å². The molecule has 0 spiro atoms. The fourth-order valence-corrected chi connectivity index (χ4v) is 7.30. The lowest BCUT2D eigenvalue weighted by molar-refractivity contribution is 0.954. The molecule has 218 valence electrons. The number of fused-ring (bicyclic) bond motifs is 5. The lowest BCUT2D eigenvalue weighted by Gasteiger charge is -2.11. The Labute approximate surface area is 270 Å². The molecule has 2 aromatic heterocycles. The maximum absolute atomic E-state index is 5.19. The summed E-state index contributed by atoms with van der Waals surface area (Å²) in [5.74, 6) is 1.88. The molecule has 0 N–H and O–H groups in total. The second-order valence-electron chi connectivity index (χ2n) is 12.0. The Morgan fingerprint density at radius 1 is 0.319 bits per heavy atom. The molecule has 0 aliphatic heterocycles. The molecule has 8 aromatic carbocycles. The summed E-state index contributed by atoms with van der Waals surface area (Å²) in [6.07, 6.45) is 0. The van der Waals surface area contributed by atoms with E-state index < -0.39 is 0 Å². The fraction of sp³-hybridized carbons (Fsp3) is 0. The van der Waals surface area contributed by atoms with E-state index >= 15 is 0 Å². The smallest absolute Gasteiger partial charge is 0.238 e. The third-order valence-electron chi connectivity index (χ3n) is 9.41. The van der Waals surface area contributed by atoms with Gasteiger partial charge in [0.2, 0.25) is 5.95 Å². The fourth-order valence-electron chi connectivity index (χ4n) is 7.30. The molecule has 0 radical (unpaired) electrons. The molecule has 0 atom stereocenters. The summed E-state index contributed by atoms with van der Waals surface area (Å²) in [7, 11) is 0. The van der Waals surface area contributed by atoms with Gasteiger partial charge < -0.3 is 0 Å². The third kappa shape index (κ3) is 3.92. The highest BCUT2D eigenvalue weighted by molar-refractivity contribution is 6.37. The Bertz CT molecular complexity index is 2760. The predicted octanol–water partition coefficient (Wildman–Crippen LogP) is 10.9. The maximum Gasteiger partial charge on any atom is 0.238 e. The first-order valence-corrected chi connectivity index (χ1v) is 15.9. The largest absolute Gasteiger partial charge is 0.278 e. The molecule has 0 saturated heterocycles. The van der Waals surface area contributed by atoms with Crippen molar-refractivity contribution in [3.8, 4) is 39.9 Å². The molecule has 0 aliphatic carbocycles. The normalized spacial score (nSPS) is 11.8. The van der Waals surface area contributed by atoms with Crippen LogP contribution in [0.1, 0.15) is 0 Å². The van der Waals surface area contributed by atoms with E-state index in [1.54, 1.807) is 0 Å². The second-order valence-corrected chi connectivity index (χ2v) is 12.0. The van der Waals surface area contributed by atoms with Gasteiger partial charge in [-0.15, -0.1) is 0 Å². The topological polar surface area (TPSA) is 43.6 Å². The van der Waals surface area contributed by atoms with Gasteiger partial charge in [-0.05, 0) is 55.6 Å². The number of hydrogen-bond acceptors (Lipinski definition) is 3. The number of benzene rings is 8. The van der Waals surface area contributed by atoms with Crippen molar-refractivity contribution in [1.82, 2.24) is 19.5 Å². The first kappa shape index (κ1) is 25.9. The van der Waals surface area contributed by atoms with Gasteiger partial charge in [-0.2, -0.15) is 9.97 Å². The molecule has 2 heterocycles. The standard InChI is InChI=1S/C43H26N4/c1-3-11-27(12-4-1)28-21-23-31(24-22-28)42-44-41(30-14-5-2-6-15-30)45-43(46-42)47-36-19-9-17-33-34-26-25-29-13-7-8-16-32(29)38(34)35-18-10-20-37(47)40(35)39(33)36/h1-26H. The molecular formula is C43H26N4. The van der Waals surface area contributed by atoms with Crippen LogP contribution < -0.4 is 0 Å². The van der Waals surface area contributed by atoms with Gasteiger partial charge in [0.25, 0.3) is 0 Å². The summed E-state index contributed by atoms with van der Waals surface area (Å²) in [5, 5.41) is 9.99. The highest BCUT2D eigenvalue weighted by Crippen LogP contribution is 2.45. The summed E-state index contributed by atoms with van der Waals surface area (Å²) in [5.41, 5.74) is 6.38. The highest BCUT2D eigenvalue weighted by atomic mass is 15.2. The molecule has 0 amide bonds. The van der Waals surface area contributed by atoms with Crippen molar-refractivity contribution in [2.45, 2.75) is 0 Å². The van der Waals surface area contributed by atoms with Crippen LogP contribution in [-0.4, -0.2) is 19.5 Å². The van der Waals surface area contributed by atoms with Gasteiger partial charge in [-0.1, -0.05) is 146 Å². The van der Waals surface area contributed by atoms with Crippen LogP contribution in [-0.2, 0) is 0 Å². The number of nitrogens with zero attached hydrogens (tertiary/aromatic N) is 4. The molecule has 0 aliphatic rings. The number of rotatable bonds is 4. The lowest BCUT2D eigenvalue weighted by atomic mass is 9.91. The summed E-state index contributed by atoms with van der Waals surface area (Å²) < 4.78 is 2.22. The average Bonchev–Trinajstić information content (AvgIpc) is 3.50. The van der Waals surface area contributed by atoms with Crippen molar-refractivity contribution >= 4 is 54.1 Å². The Morgan fingerprint density at radius 2 is 0.830 bits per heavy atom. The second kappa shape index (κ2) is 10.1. The molecule has 0 fully saturated rings. The summed E-state index contributed by atoms with van der Waals surface area (Å²) in [6, 6.07) is 55.5. The van der Waals surface area contributed by atoms with Gasteiger partial charge in [-0.3, -0.25) is 4.57 Å². The van der Waals surface area contributed by atoms with Gasteiger partial charge in [0, 0.05) is 21.9 Å². The minimum absolute atomic E-state index is 0.603. The van der Waals surface area contributed by atoms with Crippen molar-refractivity contribution in [1.29, 1.82) is 0 Å². The van der Waals surface area contributed by atoms with Gasteiger partial charge in [-0.25, -0.2) is 4.98 Å². The van der Waals surface area contributed by atoms with E-state index in [4.69, 9.17) is 15.0 Å². The summed E-state index contributed by atoms with van der Waals surface area (Å²) in [6.45, 7) is 0. The molecule has 10 aromatic rings. The first-order valence-electron chi connectivity index (χ1n) is 15.9. The molecule has 0 saturated carbocycles. The van der Waals surface area contributed by atoms with Gasteiger partial charge in [0.1, 0.15) is 0 Å². The van der Waals surface area contributed by atoms with E-state index in [2.05, 4.69) is 138 Å².